The summed E-state index contributed by atoms with van der Waals surface area (Å²) >= 11 is 0. The average Bonchev–Trinajstić information content (AvgIpc) is 3.01. The Hall–Kier alpha value is -2.63. The van der Waals surface area contributed by atoms with Crippen molar-refractivity contribution in [2.24, 2.45) is 5.92 Å². The minimum atomic E-state index is -0.278. The fourth-order valence-electron chi connectivity index (χ4n) is 3.10. The van der Waals surface area contributed by atoms with Crippen molar-refractivity contribution in [3.63, 3.8) is 0 Å². The average molecular weight is 354 g/mol. The summed E-state index contributed by atoms with van der Waals surface area (Å²) in [6, 6.07) is 7.62. The molecular weight excluding hydrogens is 328 g/mol. The number of imidazole rings is 1. The summed E-state index contributed by atoms with van der Waals surface area (Å²) in [7, 11) is 0. The van der Waals surface area contributed by atoms with E-state index in [0.29, 0.717) is 24.0 Å². The van der Waals surface area contributed by atoms with Crippen LogP contribution in [0.15, 0.2) is 24.3 Å². The fourth-order valence-corrected chi connectivity index (χ4v) is 3.10. The van der Waals surface area contributed by atoms with Gasteiger partial charge < -0.3 is 15.2 Å². The predicted octanol–water partition coefficient (Wildman–Crippen LogP) is 3.17. The summed E-state index contributed by atoms with van der Waals surface area (Å²) in [5.74, 6) is 0.204. The Balaban J connectivity index is 1.85. The van der Waals surface area contributed by atoms with Crippen molar-refractivity contribution >= 4 is 17.5 Å². The molecule has 0 radical (unpaired) electrons. The van der Waals surface area contributed by atoms with Crippen molar-refractivity contribution in [2.75, 3.05) is 11.9 Å². The molecular formula is C20H26N4O2. The maximum absolute atomic E-state index is 12.7. The van der Waals surface area contributed by atoms with Crippen LogP contribution in [0.4, 0.5) is 5.69 Å². The molecule has 26 heavy (non-hydrogen) atoms. The summed E-state index contributed by atoms with van der Waals surface area (Å²) in [4.78, 5) is 29.7. The quantitative estimate of drug-likeness (QED) is 0.866. The molecule has 2 N–H and O–H groups in total. The normalized spacial score (nSPS) is 13.4. The van der Waals surface area contributed by atoms with Crippen molar-refractivity contribution in [1.82, 2.24) is 14.9 Å². The largest absolute Gasteiger partial charge is 0.350 e. The van der Waals surface area contributed by atoms with Crippen LogP contribution in [0.2, 0.25) is 0 Å². The van der Waals surface area contributed by atoms with E-state index in [-0.39, 0.29) is 11.8 Å². The highest BCUT2D eigenvalue weighted by molar-refractivity contribution is 6.03. The van der Waals surface area contributed by atoms with E-state index in [2.05, 4.69) is 15.6 Å². The molecule has 0 spiro atoms. The van der Waals surface area contributed by atoms with Crippen molar-refractivity contribution in [3.8, 4) is 0 Å². The summed E-state index contributed by atoms with van der Waals surface area (Å²) in [6.45, 7) is 7.40. The molecule has 0 aliphatic carbocycles. The summed E-state index contributed by atoms with van der Waals surface area (Å²) in [6.07, 6.45) is 2.77. The van der Waals surface area contributed by atoms with E-state index in [9.17, 15) is 9.59 Å². The van der Waals surface area contributed by atoms with Gasteiger partial charge >= 0.3 is 0 Å². The van der Waals surface area contributed by atoms with Gasteiger partial charge in [0.2, 0.25) is 0 Å². The summed E-state index contributed by atoms with van der Waals surface area (Å²) in [5.41, 5.74) is 3.11. The second-order valence-electron chi connectivity index (χ2n) is 7.26. The molecule has 6 nitrogen and oxygen atoms in total. The highest BCUT2D eigenvalue weighted by Crippen LogP contribution is 2.22. The number of benzene rings is 1. The van der Waals surface area contributed by atoms with Crippen LogP contribution >= 0.6 is 0 Å². The van der Waals surface area contributed by atoms with Crippen LogP contribution in [0.5, 0.6) is 0 Å². The van der Waals surface area contributed by atoms with Gasteiger partial charge in [0.15, 0.2) is 5.82 Å². The fraction of sp³-hybridized carbons (Fsp3) is 0.450. The van der Waals surface area contributed by atoms with Crippen LogP contribution in [0.3, 0.4) is 0 Å². The zero-order valence-corrected chi connectivity index (χ0v) is 15.6. The van der Waals surface area contributed by atoms with Gasteiger partial charge in [-0.1, -0.05) is 31.5 Å². The van der Waals surface area contributed by atoms with E-state index in [4.69, 9.17) is 0 Å². The first kappa shape index (κ1) is 18.2. The maximum atomic E-state index is 12.7. The maximum Gasteiger partial charge on any atom is 0.291 e. The molecule has 1 aromatic heterocycles. The van der Waals surface area contributed by atoms with Gasteiger partial charge in [0.25, 0.3) is 11.8 Å². The Morgan fingerprint density at radius 2 is 1.88 bits per heavy atom. The van der Waals surface area contributed by atoms with Crippen LogP contribution in [0, 0.1) is 12.8 Å². The molecule has 0 atom stereocenters. The molecule has 2 amide bonds. The number of hydrogen-bond donors (Lipinski definition) is 2. The smallest absolute Gasteiger partial charge is 0.291 e. The summed E-state index contributed by atoms with van der Waals surface area (Å²) in [5, 5.41) is 5.79. The van der Waals surface area contributed by atoms with Gasteiger partial charge in [-0.3, -0.25) is 9.59 Å². The standard InChI is InChI=1S/C20H26N4O2/c1-13(2)12-21-19(25)17-16-6-4-5-11-24(16)18(23-17)20(26)22-15-9-7-14(3)8-10-15/h7-10,13H,4-6,11-12H2,1-3H3,(H,21,25)(H,22,26). The van der Waals surface area contributed by atoms with E-state index >= 15 is 0 Å². The number of aryl methyl sites for hydroxylation is 1. The number of anilines is 1. The molecule has 2 heterocycles. The monoisotopic (exact) mass is 354 g/mol. The first-order valence-corrected chi connectivity index (χ1v) is 9.21. The van der Waals surface area contributed by atoms with E-state index in [1.54, 1.807) is 0 Å². The highest BCUT2D eigenvalue weighted by atomic mass is 16.2. The molecule has 1 aliphatic rings. The number of rotatable bonds is 5. The van der Waals surface area contributed by atoms with Crippen molar-refractivity contribution in [3.05, 3.63) is 47.0 Å². The molecule has 0 bridgehead atoms. The molecule has 0 fully saturated rings. The zero-order chi connectivity index (χ0) is 18.7. The van der Waals surface area contributed by atoms with E-state index in [0.717, 1.165) is 42.8 Å². The number of nitrogens with zero attached hydrogens (tertiary/aromatic N) is 2. The lowest BCUT2D eigenvalue weighted by atomic mass is 10.1. The zero-order valence-electron chi connectivity index (χ0n) is 15.6. The van der Waals surface area contributed by atoms with Crippen LogP contribution < -0.4 is 10.6 Å². The van der Waals surface area contributed by atoms with E-state index in [1.165, 1.54) is 0 Å². The number of nitrogens with one attached hydrogen (secondary N) is 2. The number of carbonyl (C=O) groups excluding carboxylic acids is 2. The van der Waals surface area contributed by atoms with Crippen molar-refractivity contribution in [2.45, 2.75) is 46.6 Å². The van der Waals surface area contributed by atoms with Crippen LogP contribution in [-0.2, 0) is 13.0 Å². The van der Waals surface area contributed by atoms with Gasteiger partial charge in [0.1, 0.15) is 5.69 Å². The molecule has 3 rings (SSSR count). The molecule has 6 heteroatoms. The van der Waals surface area contributed by atoms with Gasteiger partial charge in [-0.05, 0) is 44.2 Å². The molecule has 0 saturated heterocycles. The molecule has 2 aromatic rings. The lowest BCUT2D eigenvalue weighted by Crippen LogP contribution is -2.29. The molecule has 1 aliphatic heterocycles. The third kappa shape index (κ3) is 3.95. The lowest BCUT2D eigenvalue weighted by Gasteiger charge is -2.17. The third-order valence-corrected chi connectivity index (χ3v) is 4.52. The van der Waals surface area contributed by atoms with Gasteiger partial charge in [0, 0.05) is 18.8 Å². The second-order valence-corrected chi connectivity index (χ2v) is 7.26. The molecule has 138 valence electrons. The number of aromatic nitrogens is 2. The van der Waals surface area contributed by atoms with Crippen LogP contribution in [-0.4, -0.2) is 27.9 Å². The molecule has 0 saturated carbocycles. The Bertz CT molecular complexity index is 806. The minimum Gasteiger partial charge on any atom is -0.350 e. The van der Waals surface area contributed by atoms with Gasteiger partial charge in [0.05, 0.1) is 5.69 Å². The summed E-state index contributed by atoms with van der Waals surface area (Å²) < 4.78 is 1.90. The Labute approximate surface area is 154 Å². The molecule has 0 unspecified atom stereocenters. The van der Waals surface area contributed by atoms with E-state index in [1.807, 2.05) is 49.6 Å². The van der Waals surface area contributed by atoms with Crippen LogP contribution in [0.1, 0.15) is 59.1 Å². The first-order valence-electron chi connectivity index (χ1n) is 9.21. The minimum absolute atomic E-state index is 0.196. The van der Waals surface area contributed by atoms with Crippen molar-refractivity contribution in [1.29, 1.82) is 0 Å². The number of fused-ring (bicyclic) bond motifs is 1. The number of amides is 2. The third-order valence-electron chi connectivity index (χ3n) is 4.52. The SMILES string of the molecule is Cc1ccc(NC(=O)c2nc(C(=O)NCC(C)C)c3n2CCCC3)cc1. The Morgan fingerprint density at radius 3 is 2.58 bits per heavy atom. The molecule has 1 aromatic carbocycles. The number of carbonyl (C=O) groups is 2. The van der Waals surface area contributed by atoms with Crippen LogP contribution in [0.25, 0.3) is 0 Å². The van der Waals surface area contributed by atoms with Gasteiger partial charge in [-0.25, -0.2) is 4.98 Å². The number of hydrogen-bond acceptors (Lipinski definition) is 3. The topological polar surface area (TPSA) is 76.0 Å². The van der Waals surface area contributed by atoms with E-state index < -0.39 is 0 Å². The first-order chi connectivity index (χ1) is 12.5. The lowest BCUT2D eigenvalue weighted by molar-refractivity contribution is 0.0943. The predicted molar refractivity (Wildman–Crippen MR) is 101 cm³/mol. The Kier molecular flexibility index (Phi) is 5.40. The van der Waals surface area contributed by atoms with Crippen molar-refractivity contribution < 1.29 is 9.59 Å². The van der Waals surface area contributed by atoms with Gasteiger partial charge in [-0.15, -0.1) is 0 Å². The second kappa shape index (κ2) is 7.72. The Morgan fingerprint density at radius 1 is 1.15 bits per heavy atom. The van der Waals surface area contributed by atoms with Gasteiger partial charge in [-0.2, -0.15) is 0 Å². The highest BCUT2D eigenvalue weighted by Gasteiger charge is 2.27.